The first-order chi connectivity index (χ1) is 12.4. The maximum Gasteiger partial charge on any atom is 0.131 e. The van der Waals surface area contributed by atoms with Crippen LogP contribution in [0.15, 0.2) is 84.9 Å². The summed E-state index contributed by atoms with van der Waals surface area (Å²) in [5.41, 5.74) is 3.03. The maximum absolute atomic E-state index is 4.75. The summed E-state index contributed by atoms with van der Waals surface area (Å²) in [4.78, 5) is 3.10. The molecule has 0 aliphatic rings. The van der Waals surface area contributed by atoms with E-state index in [1.54, 1.807) is 11.3 Å². The number of fused-ring (bicyclic) bond motifs is 2. The van der Waals surface area contributed by atoms with Crippen LogP contribution in [-0.4, -0.2) is 15.0 Å². The molecule has 0 saturated carbocycles. The third kappa shape index (κ3) is 2.51. The maximum atomic E-state index is 4.75. The van der Waals surface area contributed by atoms with Crippen molar-refractivity contribution in [1.82, 2.24) is 15.0 Å². The van der Waals surface area contributed by atoms with E-state index in [-0.39, 0.29) is 6.04 Å². The summed E-state index contributed by atoms with van der Waals surface area (Å²) in [5, 5.41) is 10.8. The van der Waals surface area contributed by atoms with Crippen LogP contribution in [-0.2, 0) is 0 Å². The van der Waals surface area contributed by atoms with Crippen molar-refractivity contribution in [2.45, 2.75) is 6.04 Å². The molecule has 0 aliphatic carbocycles. The van der Waals surface area contributed by atoms with E-state index < -0.39 is 0 Å². The van der Waals surface area contributed by atoms with Crippen molar-refractivity contribution in [3.05, 3.63) is 95.4 Å². The lowest BCUT2D eigenvalue weighted by molar-refractivity contribution is 0.532. The third-order valence-electron chi connectivity index (χ3n) is 4.36. The van der Waals surface area contributed by atoms with Crippen molar-refractivity contribution in [2.24, 2.45) is 0 Å². The molecule has 0 radical (unpaired) electrons. The van der Waals surface area contributed by atoms with Crippen LogP contribution in [0.2, 0.25) is 0 Å². The lowest BCUT2D eigenvalue weighted by atomic mass is 10.1. The van der Waals surface area contributed by atoms with Crippen LogP contribution in [0.5, 0.6) is 0 Å². The minimum atomic E-state index is -0.0222. The zero-order chi connectivity index (χ0) is 16.6. The highest BCUT2D eigenvalue weighted by atomic mass is 32.1. The Morgan fingerprint density at radius 2 is 1.36 bits per heavy atom. The first-order valence-electron chi connectivity index (χ1n) is 8.23. The van der Waals surface area contributed by atoms with Gasteiger partial charge in [-0.1, -0.05) is 60.7 Å². The van der Waals surface area contributed by atoms with E-state index in [1.165, 1.54) is 20.5 Å². The Bertz CT molecular complexity index is 1020. The van der Waals surface area contributed by atoms with Crippen LogP contribution >= 0.6 is 11.3 Å². The fourth-order valence-electron chi connectivity index (χ4n) is 3.18. The van der Waals surface area contributed by atoms with Crippen molar-refractivity contribution >= 4 is 32.5 Å². The molecule has 3 aromatic carbocycles. The van der Waals surface area contributed by atoms with Gasteiger partial charge in [-0.3, -0.25) is 0 Å². The Labute approximate surface area is 149 Å². The van der Waals surface area contributed by atoms with E-state index >= 15 is 0 Å². The fourth-order valence-corrected chi connectivity index (χ4v) is 4.35. The Morgan fingerprint density at radius 1 is 0.720 bits per heavy atom. The fraction of sp³-hybridized carbons (Fsp3) is 0.0476. The molecule has 0 aliphatic heterocycles. The van der Waals surface area contributed by atoms with Gasteiger partial charge >= 0.3 is 0 Å². The van der Waals surface area contributed by atoms with Crippen molar-refractivity contribution in [2.75, 3.05) is 0 Å². The van der Waals surface area contributed by atoms with Crippen molar-refractivity contribution in [3.8, 4) is 0 Å². The largest absolute Gasteiger partial charge is 0.171 e. The molecule has 2 aromatic heterocycles. The quantitative estimate of drug-likeness (QED) is 0.447. The van der Waals surface area contributed by atoms with Crippen molar-refractivity contribution in [3.63, 3.8) is 0 Å². The standard InChI is InChI=1S/C21H15N3S/c1-2-8-15(9-3-1)21(20-14-16-10-4-7-13-19(16)25-20)24-22-17-11-5-6-12-18(17)23-24/h1-14,21H. The van der Waals surface area contributed by atoms with Crippen LogP contribution in [0.3, 0.4) is 0 Å². The molecule has 1 atom stereocenters. The second-order valence-electron chi connectivity index (χ2n) is 6.01. The number of nitrogens with zero attached hydrogens (tertiary/aromatic N) is 3. The zero-order valence-corrected chi connectivity index (χ0v) is 14.2. The summed E-state index contributed by atoms with van der Waals surface area (Å²) in [6, 6.07) is 29.2. The number of hydrogen-bond donors (Lipinski definition) is 0. The lowest BCUT2D eigenvalue weighted by Gasteiger charge is -2.15. The molecule has 0 spiro atoms. The highest BCUT2D eigenvalue weighted by molar-refractivity contribution is 7.19. The van der Waals surface area contributed by atoms with E-state index in [0.29, 0.717) is 0 Å². The summed E-state index contributed by atoms with van der Waals surface area (Å²) in [5.74, 6) is 0. The van der Waals surface area contributed by atoms with E-state index in [2.05, 4.69) is 54.6 Å². The minimum Gasteiger partial charge on any atom is -0.171 e. The van der Waals surface area contributed by atoms with E-state index in [1.807, 2.05) is 35.1 Å². The van der Waals surface area contributed by atoms with Crippen LogP contribution in [0.4, 0.5) is 0 Å². The smallest absolute Gasteiger partial charge is 0.131 e. The molecule has 5 aromatic rings. The molecule has 0 bridgehead atoms. The molecular formula is C21H15N3S. The first kappa shape index (κ1) is 14.4. The number of hydrogen-bond acceptors (Lipinski definition) is 3. The van der Waals surface area contributed by atoms with Gasteiger partial charge in [0, 0.05) is 9.58 Å². The van der Waals surface area contributed by atoms with E-state index in [0.717, 1.165) is 11.0 Å². The Hall–Kier alpha value is -2.98. The summed E-state index contributed by atoms with van der Waals surface area (Å²) in [6.07, 6.45) is 0. The molecule has 120 valence electrons. The van der Waals surface area contributed by atoms with Gasteiger partial charge in [-0.05, 0) is 35.2 Å². The van der Waals surface area contributed by atoms with Gasteiger partial charge in [-0.2, -0.15) is 15.0 Å². The third-order valence-corrected chi connectivity index (χ3v) is 5.53. The Kier molecular flexibility index (Phi) is 3.35. The van der Waals surface area contributed by atoms with E-state index in [4.69, 9.17) is 10.2 Å². The van der Waals surface area contributed by atoms with Crippen molar-refractivity contribution < 1.29 is 0 Å². The predicted octanol–water partition coefficient (Wildman–Crippen LogP) is 5.28. The summed E-state index contributed by atoms with van der Waals surface area (Å²) < 4.78 is 1.29. The number of rotatable bonds is 3. The average Bonchev–Trinajstić information content (AvgIpc) is 3.26. The summed E-state index contributed by atoms with van der Waals surface area (Å²) in [7, 11) is 0. The zero-order valence-electron chi connectivity index (χ0n) is 13.4. The lowest BCUT2D eigenvalue weighted by Crippen LogP contribution is -2.14. The van der Waals surface area contributed by atoms with Gasteiger partial charge in [0.05, 0.1) is 0 Å². The van der Waals surface area contributed by atoms with E-state index in [9.17, 15) is 0 Å². The highest BCUT2D eigenvalue weighted by Crippen LogP contribution is 2.35. The molecule has 0 N–H and O–H groups in total. The number of thiophene rings is 1. The molecule has 0 saturated heterocycles. The summed E-state index contributed by atoms with van der Waals surface area (Å²) in [6.45, 7) is 0. The van der Waals surface area contributed by atoms with Crippen LogP contribution in [0, 0.1) is 0 Å². The molecule has 3 nitrogen and oxygen atoms in total. The van der Waals surface area contributed by atoms with Gasteiger partial charge in [0.2, 0.25) is 0 Å². The number of aromatic nitrogens is 3. The molecule has 0 amide bonds. The molecule has 25 heavy (non-hydrogen) atoms. The van der Waals surface area contributed by atoms with Gasteiger partial charge in [0.25, 0.3) is 0 Å². The molecule has 4 heteroatoms. The first-order valence-corrected chi connectivity index (χ1v) is 9.05. The topological polar surface area (TPSA) is 30.7 Å². The highest BCUT2D eigenvalue weighted by Gasteiger charge is 2.21. The molecule has 1 unspecified atom stereocenters. The average molecular weight is 341 g/mol. The second kappa shape index (κ2) is 5.83. The minimum absolute atomic E-state index is 0.0222. The van der Waals surface area contributed by atoms with Gasteiger partial charge in [0.1, 0.15) is 17.1 Å². The number of benzene rings is 3. The van der Waals surface area contributed by atoms with Gasteiger partial charge in [0.15, 0.2) is 0 Å². The van der Waals surface area contributed by atoms with Crippen molar-refractivity contribution in [1.29, 1.82) is 0 Å². The van der Waals surface area contributed by atoms with Crippen LogP contribution < -0.4 is 0 Å². The van der Waals surface area contributed by atoms with Crippen LogP contribution in [0.25, 0.3) is 21.1 Å². The normalized spacial score (nSPS) is 12.6. The van der Waals surface area contributed by atoms with Gasteiger partial charge < -0.3 is 0 Å². The van der Waals surface area contributed by atoms with Crippen LogP contribution in [0.1, 0.15) is 16.5 Å². The molecule has 0 fully saturated rings. The summed E-state index contributed by atoms with van der Waals surface area (Å²) >= 11 is 1.80. The predicted molar refractivity (Wildman–Crippen MR) is 103 cm³/mol. The van der Waals surface area contributed by atoms with Gasteiger partial charge in [-0.25, -0.2) is 0 Å². The SMILES string of the molecule is c1ccc(C(c2cc3ccccc3s2)n2nc3ccccc3n2)cc1. The Balaban J connectivity index is 1.73. The molecular weight excluding hydrogens is 326 g/mol. The second-order valence-corrected chi connectivity index (χ2v) is 7.12. The molecule has 2 heterocycles. The monoisotopic (exact) mass is 341 g/mol. The molecule has 5 rings (SSSR count). The Morgan fingerprint density at radius 3 is 2.08 bits per heavy atom. The van der Waals surface area contributed by atoms with Gasteiger partial charge in [-0.15, -0.1) is 11.3 Å².